The van der Waals surface area contributed by atoms with Crippen LogP contribution in [-0.2, 0) is 18.3 Å². The molecular weight excluding hydrogens is 284 g/mol. The smallest absolute Gasteiger partial charge is 0.219 e. The van der Waals surface area contributed by atoms with E-state index < -0.39 is 0 Å². The van der Waals surface area contributed by atoms with Gasteiger partial charge in [-0.3, -0.25) is 9.48 Å². The van der Waals surface area contributed by atoms with Crippen LogP contribution in [-0.4, -0.2) is 38.2 Å². The third kappa shape index (κ3) is 3.69. The van der Waals surface area contributed by atoms with Crippen LogP contribution in [0.15, 0.2) is 11.6 Å². The molecule has 21 heavy (non-hydrogen) atoms. The van der Waals surface area contributed by atoms with Crippen molar-refractivity contribution < 1.29 is 4.79 Å². The van der Waals surface area contributed by atoms with Gasteiger partial charge >= 0.3 is 0 Å². The van der Waals surface area contributed by atoms with Gasteiger partial charge in [0.05, 0.1) is 16.4 Å². The van der Waals surface area contributed by atoms with Gasteiger partial charge in [-0.25, -0.2) is 4.98 Å². The molecule has 0 bridgehead atoms. The van der Waals surface area contributed by atoms with Gasteiger partial charge in [-0.15, -0.1) is 11.3 Å². The highest BCUT2D eigenvalue weighted by Gasteiger charge is 2.14. The number of amides is 1. The van der Waals surface area contributed by atoms with Gasteiger partial charge in [-0.1, -0.05) is 0 Å². The van der Waals surface area contributed by atoms with E-state index in [9.17, 15) is 4.79 Å². The van der Waals surface area contributed by atoms with Gasteiger partial charge < -0.3 is 4.90 Å². The van der Waals surface area contributed by atoms with Crippen LogP contribution < -0.4 is 0 Å². The summed E-state index contributed by atoms with van der Waals surface area (Å²) in [5.74, 6) is 0.116. The first-order valence-electron chi connectivity index (χ1n) is 7.10. The van der Waals surface area contributed by atoms with Crippen LogP contribution in [0.2, 0.25) is 0 Å². The molecule has 0 saturated heterocycles. The van der Waals surface area contributed by atoms with Crippen LogP contribution in [0, 0.1) is 6.92 Å². The molecule has 0 fully saturated rings. The fraction of sp³-hybridized carbons (Fsp3) is 0.533. The lowest BCUT2D eigenvalue weighted by Crippen LogP contribution is -2.36. The molecule has 1 amide bonds. The van der Waals surface area contributed by atoms with Crippen LogP contribution in [0.1, 0.15) is 31.5 Å². The first kappa shape index (κ1) is 15.7. The Labute approximate surface area is 129 Å². The molecule has 5 nitrogen and oxygen atoms in total. The Hall–Kier alpha value is -1.69. The van der Waals surface area contributed by atoms with Crippen LogP contribution in [0.5, 0.6) is 0 Å². The van der Waals surface area contributed by atoms with Gasteiger partial charge in [-0.05, 0) is 20.8 Å². The molecule has 0 aliphatic carbocycles. The van der Waals surface area contributed by atoms with E-state index in [0.717, 1.165) is 28.4 Å². The molecule has 114 valence electrons. The SMILES string of the molecule is CC(=O)N(CCc1nc(-c2cn(C)nc2C)cs1)C(C)C. The fourth-order valence-corrected chi connectivity index (χ4v) is 3.18. The second-order valence-corrected chi connectivity index (χ2v) is 6.43. The number of carbonyl (C=O) groups excluding carboxylic acids is 1. The summed E-state index contributed by atoms with van der Waals surface area (Å²) in [6, 6.07) is 0.225. The number of aryl methyl sites for hydroxylation is 2. The Bertz CT molecular complexity index is 629. The summed E-state index contributed by atoms with van der Waals surface area (Å²) in [6.07, 6.45) is 2.78. The van der Waals surface area contributed by atoms with Crippen molar-refractivity contribution in [2.75, 3.05) is 6.54 Å². The maximum Gasteiger partial charge on any atom is 0.219 e. The molecule has 6 heteroatoms. The zero-order valence-electron chi connectivity index (χ0n) is 13.3. The highest BCUT2D eigenvalue weighted by atomic mass is 32.1. The van der Waals surface area contributed by atoms with Gasteiger partial charge in [0.2, 0.25) is 5.91 Å². The molecule has 2 aromatic rings. The molecule has 0 saturated carbocycles. The van der Waals surface area contributed by atoms with E-state index in [2.05, 4.69) is 15.5 Å². The first-order chi connectivity index (χ1) is 9.88. The zero-order valence-corrected chi connectivity index (χ0v) is 14.1. The van der Waals surface area contributed by atoms with Crippen molar-refractivity contribution in [3.63, 3.8) is 0 Å². The lowest BCUT2D eigenvalue weighted by molar-refractivity contribution is -0.130. The Kier molecular flexibility index (Phi) is 4.77. The number of hydrogen-bond donors (Lipinski definition) is 0. The summed E-state index contributed by atoms with van der Waals surface area (Å²) in [7, 11) is 1.91. The summed E-state index contributed by atoms with van der Waals surface area (Å²) in [4.78, 5) is 18.1. The van der Waals surface area contributed by atoms with Crippen molar-refractivity contribution in [1.82, 2.24) is 19.7 Å². The maximum absolute atomic E-state index is 11.6. The molecule has 2 aromatic heterocycles. The Morgan fingerprint density at radius 1 is 1.48 bits per heavy atom. The van der Waals surface area contributed by atoms with Gasteiger partial charge in [0.15, 0.2) is 0 Å². The Balaban J connectivity index is 2.07. The lowest BCUT2D eigenvalue weighted by Gasteiger charge is -2.24. The largest absolute Gasteiger partial charge is 0.340 e. The molecule has 0 atom stereocenters. The second-order valence-electron chi connectivity index (χ2n) is 5.48. The van der Waals surface area contributed by atoms with Crippen LogP contribution in [0.25, 0.3) is 11.3 Å². The first-order valence-corrected chi connectivity index (χ1v) is 7.98. The van der Waals surface area contributed by atoms with Crippen molar-refractivity contribution in [3.05, 3.63) is 22.3 Å². The Morgan fingerprint density at radius 3 is 2.71 bits per heavy atom. The third-order valence-corrected chi connectivity index (χ3v) is 4.34. The summed E-state index contributed by atoms with van der Waals surface area (Å²) < 4.78 is 1.81. The highest BCUT2D eigenvalue weighted by molar-refractivity contribution is 7.09. The molecule has 0 unspecified atom stereocenters. The molecule has 0 N–H and O–H groups in total. The van der Waals surface area contributed by atoms with E-state index >= 15 is 0 Å². The number of rotatable bonds is 5. The minimum Gasteiger partial charge on any atom is -0.340 e. The minimum atomic E-state index is 0.116. The van der Waals surface area contributed by atoms with Crippen LogP contribution in [0.4, 0.5) is 0 Å². The van der Waals surface area contributed by atoms with E-state index in [4.69, 9.17) is 0 Å². The standard InChI is InChI=1S/C15H22N4OS/c1-10(2)19(12(4)20)7-6-15-16-14(9-21-15)13-8-18(5)17-11(13)3/h8-10H,6-7H2,1-5H3. The third-order valence-electron chi connectivity index (χ3n) is 3.44. The van der Waals surface area contributed by atoms with Gasteiger partial charge in [-0.2, -0.15) is 5.10 Å². The van der Waals surface area contributed by atoms with E-state index in [0.29, 0.717) is 6.54 Å². The number of aromatic nitrogens is 3. The maximum atomic E-state index is 11.6. The monoisotopic (exact) mass is 306 g/mol. The molecular formula is C15H22N4OS. The quantitative estimate of drug-likeness (QED) is 0.853. The average Bonchev–Trinajstić information content (AvgIpc) is 2.95. The topological polar surface area (TPSA) is 51.0 Å². The zero-order chi connectivity index (χ0) is 15.6. The van der Waals surface area contributed by atoms with E-state index in [1.54, 1.807) is 22.9 Å². The average molecular weight is 306 g/mol. The number of thiazole rings is 1. The van der Waals surface area contributed by atoms with Crippen molar-refractivity contribution in [3.8, 4) is 11.3 Å². The molecule has 2 heterocycles. The van der Waals surface area contributed by atoms with E-state index in [1.807, 2.05) is 38.9 Å². The summed E-state index contributed by atoms with van der Waals surface area (Å²) >= 11 is 1.64. The summed E-state index contributed by atoms with van der Waals surface area (Å²) in [5, 5.41) is 7.46. The van der Waals surface area contributed by atoms with Gasteiger partial charge in [0.25, 0.3) is 0 Å². The fourth-order valence-electron chi connectivity index (χ4n) is 2.40. The van der Waals surface area contributed by atoms with E-state index in [-0.39, 0.29) is 11.9 Å². The lowest BCUT2D eigenvalue weighted by atomic mass is 10.2. The molecule has 0 aromatic carbocycles. The van der Waals surface area contributed by atoms with Crippen molar-refractivity contribution in [1.29, 1.82) is 0 Å². The van der Waals surface area contributed by atoms with Crippen molar-refractivity contribution in [2.24, 2.45) is 7.05 Å². The predicted molar refractivity (Wildman–Crippen MR) is 85.3 cm³/mol. The van der Waals surface area contributed by atoms with Gasteiger partial charge in [0, 0.05) is 50.1 Å². The van der Waals surface area contributed by atoms with Crippen LogP contribution in [0.3, 0.4) is 0 Å². The highest BCUT2D eigenvalue weighted by Crippen LogP contribution is 2.24. The second kappa shape index (κ2) is 6.39. The summed E-state index contributed by atoms with van der Waals surface area (Å²) in [5.41, 5.74) is 3.04. The van der Waals surface area contributed by atoms with Gasteiger partial charge in [0.1, 0.15) is 0 Å². The number of nitrogens with zero attached hydrogens (tertiary/aromatic N) is 4. The Morgan fingerprint density at radius 2 is 2.19 bits per heavy atom. The molecule has 0 aliphatic rings. The number of hydrogen-bond acceptors (Lipinski definition) is 4. The molecule has 0 aliphatic heterocycles. The predicted octanol–water partition coefficient (Wildman–Crippen LogP) is 2.65. The van der Waals surface area contributed by atoms with E-state index in [1.165, 1.54) is 0 Å². The number of carbonyl (C=O) groups is 1. The van der Waals surface area contributed by atoms with Crippen LogP contribution >= 0.6 is 11.3 Å². The van der Waals surface area contributed by atoms with Crippen molar-refractivity contribution in [2.45, 2.75) is 40.2 Å². The minimum absolute atomic E-state index is 0.116. The summed E-state index contributed by atoms with van der Waals surface area (Å²) in [6.45, 7) is 8.39. The molecule has 0 radical (unpaired) electrons. The van der Waals surface area contributed by atoms with Crippen molar-refractivity contribution >= 4 is 17.2 Å². The normalized spacial score (nSPS) is 11.1. The molecule has 0 spiro atoms. The molecule has 2 rings (SSSR count).